The molecule has 5 N–H and O–H groups in total. The van der Waals surface area contributed by atoms with Gasteiger partial charge in [-0.15, -0.1) is 0 Å². The number of carbonyl (C=O) groups excluding carboxylic acids is 2. The number of aromatic hydroxyl groups is 1. The molecule has 0 spiro atoms. The van der Waals surface area contributed by atoms with Crippen molar-refractivity contribution in [2.45, 2.75) is 12.5 Å². The number of benzene rings is 1. The number of carbonyl (C=O) groups is 2. The molecule has 84 valence electrons. The molecule has 6 nitrogen and oxygen atoms in total. The molecule has 0 saturated carbocycles. The number of phenols is 1. The van der Waals surface area contributed by atoms with Crippen molar-refractivity contribution in [1.82, 2.24) is 10.6 Å². The van der Waals surface area contributed by atoms with E-state index in [9.17, 15) is 9.59 Å². The molecule has 1 aliphatic rings. The predicted molar refractivity (Wildman–Crippen MR) is 56.7 cm³/mol. The van der Waals surface area contributed by atoms with Gasteiger partial charge < -0.3 is 16.2 Å². The van der Waals surface area contributed by atoms with Crippen LogP contribution in [0.15, 0.2) is 18.2 Å². The summed E-state index contributed by atoms with van der Waals surface area (Å²) in [5.41, 5.74) is 6.78. The molecule has 1 aliphatic heterocycles. The average molecular weight is 221 g/mol. The fraction of sp³-hybridized carbons (Fsp3) is 0.200. The third-order valence-electron chi connectivity index (χ3n) is 2.41. The van der Waals surface area contributed by atoms with Crippen molar-refractivity contribution in [2.24, 2.45) is 0 Å². The number of nitrogens with one attached hydrogen (secondary N) is 2. The summed E-state index contributed by atoms with van der Waals surface area (Å²) >= 11 is 0. The van der Waals surface area contributed by atoms with E-state index in [-0.39, 0.29) is 11.7 Å². The van der Waals surface area contributed by atoms with Gasteiger partial charge in [-0.1, -0.05) is 6.07 Å². The zero-order valence-electron chi connectivity index (χ0n) is 8.36. The number of anilines is 1. The first-order valence-electron chi connectivity index (χ1n) is 4.75. The number of urea groups is 1. The third kappa shape index (κ3) is 1.90. The molecular weight excluding hydrogens is 210 g/mol. The van der Waals surface area contributed by atoms with Gasteiger partial charge in [0.25, 0.3) is 5.91 Å². The summed E-state index contributed by atoms with van der Waals surface area (Å²) in [7, 11) is 0. The van der Waals surface area contributed by atoms with Crippen molar-refractivity contribution in [3.8, 4) is 5.75 Å². The van der Waals surface area contributed by atoms with Crippen LogP contribution in [0.2, 0.25) is 0 Å². The van der Waals surface area contributed by atoms with Gasteiger partial charge in [0.1, 0.15) is 11.8 Å². The van der Waals surface area contributed by atoms with Crippen molar-refractivity contribution in [3.05, 3.63) is 23.8 Å². The lowest BCUT2D eigenvalue weighted by molar-refractivity contribution is -0.120. The van der Waals surface area contributed by atoms with E-state index in [1.54, 1.807) is 6.07 Å². The lowest BCUT2D eigenvalue weighted by atomic mass is 10.0. The van der Waals surface area contributed by atoms with Gasteiger partial charge in [-0.25, -0.2) is 4.79 Å². The highest BCUT2D eigenvalue weighted by Gasteiger charge is 2.29. The molecule has 2 rings (SSSR count). The van der Waals surface area contributed by atoms with Crippen LogP contribution < -0.4 is 16.4 Å². The Balaban J connectivity index is 2.15. The SMILES string of the molecule is Nc1cc(O)ccc1CC1NC(=O)NC1=O. The van der Waals surface area contributed by atoms with Crippen molar-refractivity contribution in [3.63, 3.8) is 0 Å². The quantitative estimate of drug-likeness (QED) is 0.407. The number of phenolic OH excluding ortho intramolecular Hbond substituents is 1. The maximum Gasteiger partial charge on any atom is 0.322 e. The van der Waals surface area contributed by atoms with E-state index in [4.69, 9.17) is 10.8 Å². The van der Waals surface area contributed by atoms with Gasteiger partial charge in [-0.2, -0.15) is 0 Å². The van der Waals surface area contributed by atoms with Crippen LogP contribution in [-0.2, 0) is 11.2 Å². The van der Waals surface area contributed by atoms with Crippen LogP contribution in [0, 0.1) is 0 Å². The van der Waals surface area contributed by atoms with Crippen LogP contribution in [0.4, 0.5) is 10.5 Å². The summed E-state index contributed by atoms with van der Waals surface area (Å²) in [6.07, 6.45) is 0.309. The first-order valence-corrected chi connectivity index (χ1v) is 4.75. The van der Waals surface area contributed by atoms with Crippen LogP contribution in [0.25, 0.3) is 0 Å². The minimum Gasteiger partial charge on any atom is -0.508 e. The van der Waals surface area contributed by atoms with Gasteiger partial charge in [0.05, 0.1) is 0 Å². The maximum absolute atomic E-state index is 11.3. The van der Waals surface area contributed by atoms with Crippen molar-refractivity contribution >= 4 is 17.6 Å². The Kier molecular flexibility index (Phi) is 2.40. The van der Waals surface area contributed by atoms with E-state index in [1.165, 1.54) is 12.1 Å². The fourth-order valence-electron chi connectivity index (χ4n) is 1.59. The Morgan fingerprint density at radius 2 is 2.12 bits per heavy atom. The van der Waals surface area contributed by atoms with E-state index in [1.807, 2.05) is 0 Å². The second kappa shape index (κ2) is 3.73. The van der Waals surface area contributed by atoms with Crippen molar-refractivity contribution in [2.75, 3.05) is 5.73 Å². The summed E-state index contributed by atoms with van der Waals surface area (Å²) < 4.78 is 0. The Labute approximate surface area is 91.4 Å². The van der Waals surface area contributed by atoms with Crippen LogP contribution in [-0.4, -0.2) is 23.1 Å². The molecule has 1 fully saturated rings. The van der Waals surface area contributed by atoms with Crippen LogP contribution in [0.3, 0.4) is 0 Å². The highest BCUT2D eigenvalue weighted by molar-refractivity contribution is 6.04. The Hall–Kier alpha value is -2.24. The molecule has 6 heteroatoms. The largest absolute Gasteiger partial charge is 0.508 e. The van der Waals surface area contributed by atoms with Crippen LogP contribution in [0.5, 0.6) is 5.75 Å². The summed E-state index contributed by atoms with van der Waals surface area (Å²) in [4.78, 5) is 22.2. The van der Waals surface area contributed by atoms with Gasteiger partial charge in [-0.05, 0) is 11.6 Å². The van der Waals surface area contributed by atoms with Crippen molar-refractivity contribution in [1.29, 1.82) is 0 Å². The van der Waals surface area contributed by atoms with Gasteiger partial charge in [0, 0.05) is 18.2 Å². The summed E-state index contributed by atoms with van der Waals surface area (Å²) in [6, 6.07) is 3.43. The highest BCUT2D eigenvalue weighted by Crippen LogP contribution is 2.20. The average Bonchev–Trinajstić information content (AvgIpc) is 2.50. The number of hydrogen-bond donors (Lipinski definition) is 4. The lowest BCUT2D eigenvalue weighted by Gasteiger charge is -2.09. The zero-order chi connectivity index (χ0) is 11.7. The minimum atomic E-state index is -0.598. The van der Waals surface area contributed by atoms with E-state index < -0.39 is 12.1 Å². The fourth-order valence-corrected chi connectivity index (χ4v) is 1.59. The molecule has 0 aromatic heterocycles. The van der Waals surface area contributed by atoms with Gasteiger partial charge in [0.2, 0.25) is 0 Å². The number of imide groups is 1. The molecule has 0 aliphatic carbocycles. The van der Waals surface area contributed by atoms with Gasteiger partial charge in [0.15, 0.2) is 0 Å². The Morgan fingerprint density at radius 3 is 2.69 bits per heavy atom. The highest BCUT2D eigenvalue weighted by atomic mass is 16.3. The van der Waals surface area contributed by atoms with E-state index in [0.717, 1.165) is 0 Å². The monoisotopic (exact) mass is 221 g/mol. The normalized spacial score (nSPS) is 19.4. The van der Waals surface area contributed by atoms with E-state index in [0.29, 0.717) is 17.7 Å². The number of amides is 3. The maximum atomic E-state index is 11.3. The first-order chi connectivity index (χ1) is 7.56. The second-order valence-corrected chi connectivity index (χ2v) is 3.60. The number of nitrogens with two attached hydrogens (primary N) is 1. The van der Waals surface area contributed by atoms with Gasteiger partial charge >= 0.3 is 6.03 Å². The molecule has 0 bridgehead atoms. The molecule has 0 radical (unpaired) electrons. The number of hydrogen-bond acceptors (Lipinski definition) is 4. The number of nitrogen functional groups attached to an aromatic ring is 1. The Bertz CT molecular complexity index is 459. The molecule has 1 saturated heterocycles. The molecule has 3 amide bonds. The standard InChI is InChI=1S/C10H11N3O3/c11-7-4-6(14)2-1-5(7)3-8-9(15)13-10(16)12-8/h1-2,4,8,14H,3,11H2,(H2,12,13,15,16). The van der Waals surface area contributed by atoms with E-state index in [2.05, 4.69) is 10.6 Å². The molecule has 1 heterocycles. The summed E-state index contributed by atoms with van der Waals surface area (Å²) in [5.74, 6) is -0.293. The molecule has 16 heavy (non-hydrogen) atoms. The van der Waals surface area contributed by atoms with E-state index >= 15 is 0 Å². The molecule has 1 atom stereocenters. The summed E-state index contributed by atoms with van der Waals surface area (Å²) in [6.45, 7) is 0. The topological polar surface area (TPSA) is 104 Å². The zero-order valence-corrected chi connectivity index (χ0v) is 8.36. The van der Waals surface area contributed by atoms with Gasteiger partial charge in [-0.3, -0.25) is 10.1 Å². The summed E-state index contributed by atoms with van der Waals surface area (Å²) in [5, 5.41) is 13.8. The molecule has 1 aromatic carbocycles. The second-order valence-electron chi connectivity index (χ2n) is 3.60. The third-order valence-corrected chi connectivity index (χ3v) is 2.41. The molecular formula is C10H11N3O3. The molecule has 1 aromatic rings. The number of rotatable bonds is 2. The first kappa shape index (κ1) is 10.3. The smallest absolute Gasteiger partial charge is 0.322 e. The van der Waals surface area contributed by atoms with Crippen LogP contribution >= 0.6 is 0 Å². The Morgan fingerprint density at radius 1 is 1.38 bits per heavy atom. The van der Waals surface area contributed by atoms with Crippen molar-refractivity contribution < 1.29 is 14.7 Å². The minimum absolute atomic E-state index is 0.0705. The molecule has 1 unspecified atom stereocenters. The predicted octanol–water partition coefficient (Wildman–Crippen LogP) is -0.275. The lowest BCUT2D eigenvalue weighted by Crippen LogP contribution is -2.31. The van der Waals surface area contributed by atoms with Crippen LogP contribution in [0.1, 0.15) is 5.56 Å².